The molecule has 3 amide bonds. The Morgan fingerprint density at radius 1 is 0.527 bits per heavy atom. The number of ether oxygens (including phenoxy) is 5. The fourth-order valence-corrected chi connectivity index (χ4v) is 12.5. The van der Waals surface area contributed by atoms with Gasteiger partial charge in [0.05, 0.1) is 42.4 Å². The molecule has 3 unspecified atom stereocenters. The molecule has 3 saturated heterocycles. The van der Waals surface area contributed by atoms with Gasteiger partial charge in [0.1, 0.15) is 28.4 Å². The summed E-state index contributed by atoms with van der Waals surface area (Å²) in [6.45, 7) is 16.0. The predicted octanol–water partition coefficient (Wildman–Crippen LogP) is 11.2. The molecule has 6 fully saturated rings. The molecule has 0 spiro atoms. The van der Waals surface area contributed by atoms with Crippen LogP contribution in [0.2, 0.25) is 0 Å². The topological polar surface area (TPSA) is 218 Å². The maximum Gasteiger partial charge on any atom is 0.471 e. The molecule has 12 rings (SSSR count). The van der Waals surface area contributed by atoms with Gasteiger partial charge in [0.25, 0.3) is 16.7 Å². The Kier molecular flexibility index (Phi) is 21.6. The minimum absolute atomic E-state index is 0.0531. The zero-order valence-electron chi connectivity index (χ0n) is 53.8. The summed E-state index contributed by atoms with van der Waals surface area (Å²) < 4.78 is 113. The number of alkyl carbamates (subject to hydrolysis) is 2. The van der Waals surface area contributed by atoms with Crippen LogP contribution in [0.4, 0.5) is 47.3 Å². The number of anilines is 2. The maximum absolute atomic E-state index is 15.2. The molecule has 6 aromatic rings. The number of benzene rings is 3. The van der Waals surface area contributed by atoms with Gasteiger partial charge in [-0.1, -0.05) is 0 Å². The lowest BCUT2D eigenvalue weighted by Crippen LogP contribution is -2.39. The number of amides is 3. The minimum atomic E-state index is -4.93. The Morgan fingerprint density at radius 3 is 1.24 bits per heavy atom. The molecule has 20 nitrogen and oxygen atoms in total. The van der Waals surface area contributed by atoms with Crippen molar-refractivity contribution < 1.29 is 64.4 Å². The van der Waals surface area contributed by atoms with Crippen molar-refractivity contribution >= 4 is 78.1 Å². The molecule has 506 valence electrons. The molecule has 3 aromatic heterocycles. The number of methoxy groups -OCH3 is 3. The summed E-state index contributed by atoms with van der Waals surface area (Å²) in [6, 6.07) is 13.9. The van der Waals surface area contributed by atoms with Gasteiger partial charge in [0.2, 0.25) is 0 Å². The van der Waals surface area contributed by atoms with Gasteiger partial charge >= 0.3 is 24.3 Å². The third-order valence-corrected chi connectivity index (χ3v) is 17.4. The van der Waals surface area contributed by atoms with Crippen molar-refractivity contribution in [3.63, 3.8) is 0 Å². The Bertz CT molecular complexity index is 3930. The number of carbonyl (C=O) groups excluding carboxylic acids is 3. The van der Waals surface area contributed by atoms with Crippen LogP contribution in [0.1, 0.15) is 117 Å². The van der Waals surface area contributed by atoms with Crippen LogP contribution in [0.3, 0.4) is 0 Å². The van der Waals surface area contributed by atoms with Gasteiger partial charge in [-0.25, -0.2) is 22.8 Å². The first-order valence-electron chi connectivity index (χ1n) is 31.4. The molecular weight excluding hydrogens is 1290 g/mol. The number of hydrogen-bond acceptors (Lipinski definition) is 14. The van der Waals surface area contributed by atoms with E-state index >= 15 is 8.78 Å². The average molecular weight is 1370 g/mol. The van der Waals surface area contributed by atoms with E-state index < -0.39 is 35.2 Å². The summed E-state index contributed by atoms with van der Waals surface area (Å²) in [5.74, 6) is -1.78. The van der Waals surface area contributed by atoms with Crippen molar-refractivity contribution in [3.8, 4) is 17.2 Å². The van der Waals surface area contributed by atoms with Gasteiger partial charge in [0.15, 0.2) is 28.9 Å². The van der Waals surface area contributed by atoms with Gasteiger partial charge in [-0.05, 0) is 183 Å². The van der Waals surface area contributed by atoms with Crippen molar-refractivity contribution in [2.75, 3.05) is 90.0 Å². The summed E-state index contributed by atoms with van der Waals surface area (Å²) in [5, 5.41) is 12.6. The van der Waals surface area contributed by atoms with Crippen LogP contribution in [0, 0.1) is 35.2 Å². The lowest BCUT2D eigenvalue weighted by Gasteiger charge is -2.24. The quantitative estimate of drug-likeness (QED) is 0.0746. The third-order valence-electron chi connectivity index (χ3n) is 16.6. The highest BCUT2D eigenvalue weighted by Gasteiger charge is 2.40. The molecule has 3 aliphatic carbocycles. The molecule has 93 heavy (non-hydrogen) atoms. The number of rotatable bonds is 14. The molecule has 6 aliphatic rings. The number of aromatic nitrogens is 3. The molecule has 0 bridgehead atoms. The first-order valence-corrected chi connectivity index (χ1v) is 32.2. The van der Waals surface area contributed by atoms with Crippen LogP contribution in [-0.2, 0) is 14.3 Å². The number of carbonyl (C=O) groups is 3. The van der Waals surface area contributed by atoms with Gasteiger partial charge in [0, 0.05) is 98.3 Å². The van der Waals surface area contributed by atoms with Crippen molar-refractivity contribution in [2.45, 2.75) is 135 Å². The van der Waals surface area contributed by atoms with Crippen LogP contribution in [-0.4, -0.2) is 129 Å². The largest absolute Gasteiger partial charge is 0.493 e. The van der Waals surface area contributed by atoms with Crippen molar-refractivity contribution in [3.05, 3.63) is 108 Å². The smallest absolute Gasteiger partial charge is 0.471 e. The number of alkyl halides is 3. The fraction of sp³-hybridized carbons (Fsp3) is 0.545. The van der Waals surface area contributed by atoms with E-state index in [1.165, 1.54) is 57.7 Å². The molecule has 3 atom stereocenters. The standard InChI is InChI=1S/C23H30FN3O4.C20H21F4N3O3.C13H11BrFNO2.C10H20N2O2/c1-23(2,3)31-22(29)25-12-14-9-10-26(13-14)20-17(24)11-15-5-8-18(28)27(16-6-7-16)19(15)21(20)30-4;1-30-18-16-12(2-5-15(28)27(16)13-3-4-13)8-14(21)17(18)26-7-6-11(10-26)9-25-19(29)20(22,23)24;1-18-13-11(14)9(15)6-7-2-5-10(17)16(12(7)13)8-3-4-8;1-10(2,3)14-9(13)12-7-8-4-5-11-6-8/h5,8,11,14,16H,6-7,9-10,12-13H2,1-4H3,(H,25,29);2,5,8,11,13H,3-4,6-7,9-10H2,1H3,(H,25,29);2,5-6,8H,3-4H2,1H3;8,11H,4-7H2,1-3H3,(H,12,13). The third kappa shape index (κ3) is 17.2. The van der Waals surface area contributed by atoms with Crippen molar-refractivity contribution in [1.29, 1.82) is 0 Å². The van der Waals surface area contributed by atoms with Gasteiger partial charge in [-0.2, -0.15) is 13.2 Å². The normalized spacial score (nSPS) is 18.8. The Hall–Kier alpha value is -7.68. The molecule has 27 heteroatoms. The van der Waals surface area contributed by atoms with Gasteiger partial charge in [-0.3, -0.25) is 19.2 Å². The predicted molar refractivity (Wildman–Crippen MR) is 346 cm³/mol. The first kappa shape index (κ1) is 69.7. The summed E-state index contributed by atoms with van der Waals surface area (Å²) in [5.41, 5.74) is 1.12. The fourth-order valence-electron chi connectivity index (χ4n) is 12.0. The molecule has 4 N–H and O–H groups in total. The van der Waals surface area contributed by atoms with Crippen molar-refractivity contribution in [2.24, 2.45) is 17.8 Å². The first-order chi connectivity index (χ1) is 44.0. The second-order valence-corrected chi connectivity index (χ2v) is 27.1. The lowest BCUT2D eigenvalue weighted by atomic mass is 10.1. The number of halogens is 7. The van der Waals surface area contributed by atoms with E-state index in [-0.39, 0.29) is 93.4 Å². The van der Waals surface area contributed by atoms with E-state index in [0.29, 0.717) is 95.0 Å². The Labute approximate surface area is 542 Å². The van der Waals surface area contributed by atoms with E-state index in [2.05, 4.69) is 31.9 Å². The average Bonchev–Trinajstić information content (AvgIpc) is 1.66. The highest BCUT2D eigenvalue weighted by molar-refractivity contribution is 9.10. The Balaban J connectivity index is 0.000000153. The monoisotopic (exact) mass is 1370 g/mol. The SMILES string of the molecule is CC(C)(C)OC(=O)NCC1CCNC1.COc1c(Br)c(F)cc2ccc(=O)n(C3CC3)c12.COc1c(N2CCC(CNC(=O)C(F)(F)F)C2)c(F)cc2ccc(=O)n(C3CC3)c12.COc1c(N2CCC(CNC(=O)OC(C)(C)C)C2)c(F)cc2ccc(=O)n(C3CC3)c12. The zero-order valence-corrected chi connectivity index (χ0v) is 55.3. The highest BCUT2D eigenvalue weighted by atomic mass is 79.9. The van der Waals surface area contributed by atoms with Crippen LogP contribution in [0.5, 0.6) is 17.2 Å². The molecule has 0 radical (unpaired) electrons. The molecule has 6 heterocycles. The van der Waals surface area contributed by atoms with Gasteiger partial charge < -0.3 is 68.5 Å². The second-order valence-electron chi connectivity index (χ2n) is 26.4. The summed E-state index contributed by atoms with van der Waals surface area (Å²) in [4.78, 5) is 74.9. The molecule has 3 aliphatic heterocycles. The van der Waals surface area contributed by atoms with Gasteiger partial charge in [-0.15, -0.1) is 0 Å². The second kappa shape index (κ2) is 28.9. The van der Waals surface area contributed by atoms with E-state index in [1.54, 1.807) is 36.8 Å². The number of nitrogens with one attached hydrogen (secondary N) is 4. The molecular formula is C66H82BrF6N9O11. The minimum Gasteiger partial charge on any atom is -0.493 e. The number of fused-ring (bicyclic) bond motifs is 3. The molecule has 3 saturated carbocycles. The zero-order chi connectivity index (χ0) is 67.4. The van der Waals surface area contributed by atoms with Crippen LogP contribution < -0.4 is 62.0 Å². The van der Waals surface area contributed by atoms with E-state index in [1.807, 2.05) is 51.8 Å². The maximum atomic E-state index is 15.2. The Morgan fingerprint density at radius 2 is 0.892 bits per heavy atom. The van der Waals surface area contributed by atoms with E-state index in [4.69, 9.17) is 23.7 Å². The summed E-state index contributed by atoms with van der Waals surface area (Å²) in [6.07, 6.45) is 2.30. The lowest BCUT2D eigenvalue weighted by molar-refractivity contribution is -0.173. The number of hydrogen-bond donors (Lipinski definition) is 4. The molecule has 3 aromatic carbocycles. The van der Waals surface area contributed by atoms with E-state index in [9.17, 15) is 46.3 Å². The highest BCUT2D eigenvalue weighted by Crippen LogP contribution is 2.47. The number of pyridine rings is 3. The van der Waals surface area contributed by atoms with E-state index in [0.717, 1.165) is 64.5 Å². The van der Waals surface area contributed by atoms with Crippen LogP contribution in [0.15, 0.2) is 73.5 Å². The van der Waals surface area contributed by atoms with Crippen LogP contribution >= 0.6 is 15.9 Å². The van der Waals surface area contributed by atoms with Crippen LogP contribution in [0.25, 0.3) is 32.7 Å². The summed E-state index contributed by atoms with van der Waals surface area (Å²) >= 11 is 3.17. The summed E-state index contributed by atoms with van der Waals surface area (Å²) in [7, 11) is 4.40. The number of nitrogens with zero attached hydrogens (tertiary/aromatic N) is 5. The van der Waals surface area contributed by atoms with Crippen molar-refractivity contribution in [1.82, 2.24) is 35.0 Å².